The minimum Gasteiger partial charge on any atom is -0.490 e. The van der Waals surface area contributed by atoms with Gasteiger partial charge in [-0.15, -0.1) is 0 Å². The zero-order valence-electron chi connectivity index (χ0n) is 10.4. The predicted molar refractivity (Wildman–Crippen MR) is 74.5 cm³/mol. The number of benzene rings is 2. The van der Waals surface area contributed by atoms with Crippen LogP contribution < -0.4 is 15.4 Å². The van der Waals surface area contributed by atoms with Crippen molar-refractivity contribution in [3.63, 3.8) is 0 Å². The van der Waals surface area contributed by atoms with Gasteiger partial charge in [-0.25, -0.2) is 0 Å². The quantitative estimate of drug-likeness (QED) is 0.794. The lowest BCUT2D eigenvalue weighted by Gasteiger charge is -2.29. The summed E-state index contributed by atoms with van der Waals surface area (Å²) in [6.07, 6.45) is 0. The van der Waals surface area contributed by atoms with Gasteiger partial charge in [0.2, 0.25) is 0 Å². The van der Waals surface area contributed by atoms with Crippen molar-refractivity contribution >= 4 is 17.3 Å². The maximum atomic E-state index is 12.5. The van der Waals surface area contributed by atoms with E-state index in [-0.39, 0.29) is 5.91 Å². The first-order valence-electron chi connectivity index (χ1n) is 6.15. The van der Waals surface area contributed by atoms with Crippen LogP contribution in [0, 0.1) is 0 Å². The number of rotatable bonds is 1. The second kappa shape index (κ2) is 4.65. The summed E-state index contributed by atoms with van der Waals surface area (Å²) < 4.78 is 5.54. The van der Waals surface area contributed by atoms with Crippen LogP contribution in [0.2, 0.25) is 0 Å². The number of nitrogens with two attached hydrogens (primary N) is 1. The van der Waals surface area contributed by atoms with Crippen molar-refractivity contribution in [3.8, 4) is 5.75 Å². The highest BCUT2D eigenvalue weighted by Crippen LogP contribution is 2.31. The summed E-state index contributed by atoms with van der Waals surface area (Å²) in [5.74, 6) is 0.716. The number of hydrogen-bond acceptors (Lipinski definition) is 3. The number of anilines is 2. The van der Waals surface area contributed by atoms with Crippen molar-refractivity contribution in [1.29, 1.82) is 0 Å². The molecule has 0 unspecified atom stereocenters. The largest absolute Gasteiger partial charge is 0.490 e. The molecule has 1 amide bonds. The Hall–Kier alpha value is -2.49. The van der Waals surface area contributed by atoms with E-state index in [4.69, 9.17) is 10.5 Å². The molecule has 1 aliphatic heterocycles. The number of carbonyl (C=O) groups excluding carboxylic acids is 1. The molecule has 0 saturated heterocycles. The van der Waals surface area contributed by atoms with Crippen LogP contribution in [0.25, 0.3) is 0 Å². The fraction of sp³-hybridized carbons (Fsp3) is 0.133. The summed E-state index contributed by atoms with van der Waals surface area (Å²) in [6, 6.07) is 14.5. The molecule has 1 heterocycles. The summed E-state index contributed by atoms with van der Waals surface area (Å²) in [5, 5.41) is 0. The molecule has 0 radical (unpaired) electrons. The smallest absolute Gasteiger partial charge is 0.258 e. The molecule has 1 aliphatic rings. The fourth-order valence-electron chi connectivity index (χ4n) is 2.16. The van der Waals surface area contributed by atoms with Crippen LogP contribution in [0.5, 0.6) is 5.75 Å². The fourth-order valence-corrected chi connectivity index (χ4v) is 2.16. The number of nitrogens with zero attached hydrogens (tertiary/aromatic N) is 1. The zero-order chi connectivity index (χ0) is 13.2. The van der Waals surface area contributed by atoms with E-state index in [0.717, 1.165) is 11.4 Å². The van der Waals surface area contributed by atoms with Gasteiger partial charge in [-0.1, -0.05) is 12.1 Å². The Kier molecular flexibility index (Phi) is 2.83. The van der Waals surface area contributed by atoms with Crippen LogP contribution in [0.4, 0.5) is 11.4 Å². The minimum absolute atomic E-state index is 0.0317. The summed E-state index contributed by atoms with van der Waals surface area (Å²) in [4.78, 5) is 14.2. The van der Waals surface area contributed by atoms with Crippen LogP contribution in [0.15, 0.2) is 48.5 Å². The number of hydrogen-bond donors (Lipinski definition) is 1. The van der Waals surface area contributed by atoms with Gasteiger partial charge >= 0.3 is 0 Å². The topological polar surface area (TPSA) is 55.6 Å². The van der Waals surface area contributed by atoms with E-state index in [1.807, 2.05) is 24.3 Å². The van der Waals surface area contributed by atoms with Gasteiger partial charge in [0.05, 0.1) is 12.2 Å². The number of amides is 1. The lowest BCUT2D eigenvalue weighted by atomic mass is 10.1. The average Bonchev–Trinajstić information content (AvgIpc) is 2.47. The molecule has 2 N–H and O–H groups in total. The molecular weight excluding hydrogens is 240 g/mol. The molecule has 3 rings (SSSR count). The van der Waals surface area contributed by atoms with Crippen molar-refractivity contribution in [1.82, 2.24) is 0 Å². The normalized spacial score (nSPS) is 13.6. The molecule has 19 heavy (non-hydrogen) atoms. The zero-order valence-corrected chi connectivity index (χ0v) is 10.4. The molecule has 0 atom stereocenters. The summed E-state index contributed by atoms with van der Waals surface area (Å²) in [5.41, 5.74) is 7.73. The second-order valence-electron chi connectivity index (χ2n) is 4.39. The Morgan fingerprint density at radius 2 is 1.84 bits per heavy atom. The molecule has 2 aromatic carbocycles. The number of fused-ring (bicyclic) bond motifs is 1. The van der Waals surface area contributed by atoms with Crippen LogP contribution >= 0.6 is 0 Å². The van der Waals surface area contributed by atoms with Crippen LogP contribution in [0.3, 0.4) is 0 Å². The van der Waals surface area contributed by atoms with Gasteiger partial charge < -0.3 is 15.4 Å². The Bertz CT molecular complexity index is 608. The molecule has 4 heteroatoms. The molecular formula is C15H14N2O2. The van der Waals surface area contributed by atoms with Gasteiger partial charge in [0.1, 0.15) is 12.4 Å². The van der Waals surface area contributed by atoms with Gasteiger partial charge in [0, 0.05) is 11.3 Å². The highest BCUT2D eigenvalue weighted by atomic mass is 16.5. The van der Waals surface area contributed by atoms with E-state index >= 15 is 0 Å². The van der Waals surface area contributed by atoms with E-state index in [9.17, 15) is 4.79 Å². The maximum Gasteiger partial charge on any atom is 0.258 e. The predicted octanol–water partition coefficient (Wildman–Crippen LogP) is 2.31. The molecule has 0 bridgehead atoms. The van der Waals surface area contributed by atoms with E-state index in [1.54, 1.807) is 29.2 Å². The number of ether oxygens (including phenoxy) is 1. The third kappa shape index (κ3) is 2.12. The first-order valence-corrected chi connectivity index (χ1v) is 6.15. The molecule has 0 spiro atoms. The van der Waals surface area contributed by atoms with Crippen molar-refractivity contribution in [2.45, 2.75) is 0 Å². The van der Waals surface area contributed by atoms with Gasteiger partial charge in [-0.05, 0) is 36.4 Å². The first kappa shape index (κ1) is 11.6. The van der Waals surface area contributed by atoms with Crippen molar-refractivity contribution in [2.75, 3.05) is 23.8 Å². The highest BCUT2D eigenvalue weighted by molar-refractivity contribution is 6.07. The molecule has 4 nitrogen and oxygen atoms in total. The SMILES string of the molecule is Nc1ccc(C(=O)N2CCOc3ccccc32)cc1. The van der Waals surface area contributed by atoms with Gasteiger partial charge in [0.15, 0.2) is 0 Å². The molecule has 0 aromatic heterocycles. The van der Waals surface area contributed by atoms with Crippen LogP contribution in [0.1, 0.15) is 10.4 Å². The minimum atomic E-state index is -0.0317. The molecule has 96 valence electrons. The van der Waals surface area contributed by atoms with Crippen LogP contribution in [-0.2, 0) is 0 Å². The monoisotopic (exact) mass is 254 g/mol. The second-order valence-corrected chi connectivity index (χ2v) is 4.39. The molecule has 0 fully saturated rings. The standard InChI is InChI=1S/C15H14N2O2/c16-12-7-5-11(6-8-12)15(18)17-9-10-19-14-4-2-1-3-13(14)17/h1-8H,9-10,16H2. The van der Waals surface area contributed by atoms with E-state index in [1.165, 1.54) is 0 Å². The number of para-hydroxylation sites is 2. The average molecular weight is 254 g/mol. The lowest BCUT2D eigenvalue weighted by Crippen LogP contribution is -2.37. The third-order valence-corrected chi connectivity index (χ3v) is 3.13. The maximum absolute atomic E-state index is 12.5. The van der Waals surface area contributed by atoms with Gasteiger partial charge in [-0.3, -0.25) is 4.79 Å². The van der Waals surface area contributed by atoms with Gasteiger partial charge in [-0.2, -0.15) is 0 Å². The van der Waals surface area contributed by atoms with Gasteiger partial charge in [0.25, 0.3) is 5.91 Å². The molecule has 0 aliphatic carbocycles. The number of nitrogen functional groups attached to an aromatic ring is 1. The van der Waals surface area contributed by atoms with Crippen molar-refractivity contribution < 1.29 is 9.53 Å². The van der Waals surface area contributed by atoms with E-state index in [0.29, 0.717) is 24.4 Å². The summed E-state index contributed by atoms with van der Waals surface area (Å²) in [6.45, 7) is 1.07. The third-order valence-electron chi connectivity index (χ3n) is 3.13. The van der Waals surface area contributed by atoms with Crippen LogP contribution in [-0.4, -0.2) is 19.1 Å². The summed E-state index contributed by atoms with van der Waals surface area (Å²) in [7, 11) is 0. The Morgan fingerprint density at radius 3 is 2.63 bits per heavy atom. The Labute approximate surface area is 111 Å². The van der Waals surface area contributed by atoms with Crippen molar-refractivity contribution in [3.05, 3.63) is 54.1 Å². The first-order chi connectivity index (χ1) is 9.25. The highest BCUT2D eigenvalue weighted by Gasteiger charge is 2.24. The lowest BCUT2D eigenvalue weighted by molar-refractivity contribution is 0.0976. The Morgan fingerprint density at radius 1 is 1.11 bits per heavy atom. The summed E-state index contributed by atoms with van der Waals surface area (Å²) >= 11 is 0. The van der Waals surface area contributed by atoms with E-state index < -0.39 is 0 Å². The Balaban J connectivity index is 1.95. The van der Waals surface area contributed by atoms with Crippen molar-refractivity contribution in [2.24, 2.45) is 0 Å². The number of carbonyl (C=O) groups is 1. The van der Waals surface area contributed by atoms with E-state index in [2.05, 4.69) is 0 Å². The molecule has 0 saturated carbocycles. The molecule has 2 aromatic rings.